The van der Waals surface area contributed by atoms with Crippen molar-refractivity contribution in [1.82, 2.24) is 0 Å². The molecule has 1 atom stereocenters. The Kier molecular flexibility index (Phi) is 6.50. The zero-order valence-corrected chi connectivity index (χ0v) is 12.4. The third-order valence-corrected chi connectivity index (χ3v) is 3.23. The molecule has 0 radical (unpaired) electrons. The van der Waals surface area contributed by atoms with Crippen molar-refractivity contribution in [1.29, 1.82) is 0 Å². The van der Waals surface area contributed by atoms with Gasteiger partial charge in [-0.1, -0.05) is 26.2 Å². The summed E-state index contributed by atoms with van der Waals surface area (Å²) in [5, 5.41) is 0. The topological polar surface area (TPSA) is 53.7 Å². The first-order valence-corrected chi connectivity index (χ1v) is 6.73. The van der Waals surface area contributed by atoms with Crippen LogP contribution in [0.1, 0.15) is 44.2 Å². The van der Waals surface area contributed by atoms with E-state index >= 15 is 0 Å². The molecule has 0 fully saturated rings. The average Bonchev–Trinajstić information content (AvgIpc) is 2.45. The van der Waals surface area contributed by atoms with Gasteiger partial charge in [0.25, 0.3) is 0 Å². The van der Waals surface area contributed by atoms with E-state index in [0.717, 1.165) is 18.4 Å². The van der Waals surface area contributed by atoms with Gasteiger partial charge in [-0.25, -0.2) is 0 Å². The molecule has 0 aliphatic rings. The van der Waals surface area contributed by atoms with Crippen LogP contribution in [0.2, 0.25) is 0 Å². The number of hydrogen-bond donors (Lipinski definition) is 1. The van der Waals surface area contributed by atoms with Gasteiger partial charge in [-0.3, -0.25) is 0 Å². The lowest BCUT2D eigenvalue weighted by atomic mass is 10.0. The minimum absolute atomic E-state index is 0.000237. The van der Waals surface area contributed by atoms with Crippen molar-refractivity contribution in [3.8, 4) is 17.2 Å². The molecule has 4 nitrogen and oxygen atoms in total. The Labute approximate surface area is 115 Å². The highest BCUT2D eigenvalue weighted by atomic mass is 16.5. The number of benzene rings is 1. The van der Waals surface area contributed by atoms with Crippen molar-refractivity contribution in [2.45, 2.75) is 38.6 Å². The lowest BCUT2D eigenvalue weighted by Crippen LogP contribution is -2.11. The van der Waals surface area contributed by atoms with Gasteiger partial charge < -0.3 is 19.9 Å². The number of unbranched alkanes of at least 4 members (excludes halogenated alkanes) is 2. The molecular formula is C15H25NO3. The molecule has 0 spiro atoms. The fraction of sp³-hybridized carbons (Fsp3) is 0.600. The second-order valence-corrected chi connectivity index (χ2v) is 4.56. The second kappa shape index (κ2) is 7.89. The van der Waals surface area contributed by atoms with E-state index in [0.29, 0.717) is 17.2 Å². The third-order valence-electron chi connectivity index (χ3n) is 3.23. The van der Waals surface area contributed by atoms with E-state index in [1.54, 1.807) is 21.3 Å². The van der Waals surface area contributed by atoms with Crippen LogP contribution in [0.4, 0.5) is 0 Å². The minimum atomic E-state index is 0.000237. The standard InChI is InChI=1S/C15H25NO3/c1-5-6-7-8-12(16)11-9-13(17-2)15(19-4)14(10-11)18-3/h9-10,12H,5-8,16H2,1-4H3/t12-/m1/s1. The predicted molar refractivity (Wildman–Crippen MR) is 77.2 cm³/mol. The highest BCUT2D eigenvalue weighted by molar-refractivity contribution is 5.54. The Bertz CT molecular complexity index is 368. The first-order chi connectivity index (χ1) is 9.17. The normalized spacial score (nSPS) is 12.1. The van der Waals surface area contributed by atoms with Crippen molar-refractivity contribution < 1.29 is 14.2 Å². The van der Waals surface area contributed by atoms with Crippen LogP contribution in [0.5, 0.6) is 17.2 Å². The summed E-state index contributed by atoms with van der Waals surface area (Å²) in [6.07, 6.45) is 4.50. The van der Waals surface area contributed by atoms with E-state index < -0.39 is 0 Å². The molecule has 0 bridgehead atoms. The largest absolute Gasteiger partial charge is 0.493 e. The quantitative estimate of drug-likeness (QED) is 0.734. The molecule has 2 N–H and O–H groups in total. The van der Waals surface area contributed by atoms with Gasteiger partial charge in [0.1, 0.15) is 0 Å². The summed E-state index contributed by atoms with van der Waals surface area (Å²) in [6, 6.07) is 3.86. The van der Waals surface area contributed by atoms with Gasteiger partial charge in [0.15, 0.2) is 11.5 Å². The second-order valence-electron chi connectivity index (χ2n) is 4.56. The Morgan fingerprint density at radius 3 is 2.00 bits per heavy atom. The van der Waals surface area contributed by atoms with Gasteiger partial charge in [0, 0.05) is 6.04 Å². The molecule has 0 heterocycles. The molecule has 0 aliphatic heterocycles. The van der Waals surface area contributed by atoms with Gasteiger partial charge in [0.2, 0.25) is 5.75 Å². The molecule has 0 amide bonds. The van der Waals surface area contributed by atoms with Crippen LogP contribution >= 0.6 is 0 Å². The Morgan fingerprint density at radius 1 is 1.00 bits per heavy atom. The van der Waals surface area contributed by atoms with Crippen LogP contribution in [0.3, 0.4) is 0 Å². The lowest BCUT2D eigenvalue weighted by Gasteiger charge is -2.17. The Balaban J connectivity index is 2.95. The number of rotatable bonds is 8. The summed E-state index contributed by atoms with van der Waals surface area (Å²) in [6.45, 7) is 2.19. The monoisotopic (exact) mass is 267 g/mol. The first kappa shape index (κ1) is 15.6. The molecule has 1 aromatic rings. The fourth-order valence-corrected chi connectivity index (χ4v) is 2.10. The number of ether oxygens (including phenoxy) is 3. The number of methoxy groups -OCH3 is 3. The molecule has 1 rings (SSSR count). The minimum Gasteiger partial charge on any atom is -0.493 e. The molecule has 0 aromatic heterocycles. The van der Waals surface area contributed by atoms with Gasteiger partial charge >= 0.3 is 0 Å². The molecule has 0 saturated carbocycles. The maximum absolute atomic E-state index is 6.22. The predicted octanol–water partition coefficient (Wildman–Crippen LogP) is 3.29. The summed E-state index contributed by atoms with van der Waals surface area (Å²) in [7, 11) is 4.83. The Hall–Kier alpha value is -1.42. The van der Waals surface area contributed by atoms with Crippen molar-refractivity contribution in [2.24, 2.45) is 5.73 Å². The van der Waals surface area contributed by atoms with Crippen LogP contribution in [0, 0.1) is 0 Å². The average molecular weight is 267 g/mol. The van der Waals surface area contributed by atoms with Crippen molar-refractivity contribution >= 4 is 0 Å². The van der Waals surface area contributed by atoms with Gasteiger partial charge in [-0.2, -0.15) is 0 Å². The summed E-state index contributed by atoms with van der Waals surface area (Å²) < 4.78 is 16.0. The molecule has 19 heavy (non-hydrogen) atoms. The maximum atomic E-state index is 6.22. The molecule has 0 unspecified atom stereocenters. The highest BCUT2D eigenvalue weighted by Crippen LogP contribution is 2.39. The summed E-state index contributed by atoms with van der Waals surface area (Å²) in [5.74, 6) is 1.92. The molecule has 4 heteroatoms. The molecule has 0 aliphatic carbocycles. The van der Waals surface area contributed by atoms with E-state index in [2.05, 4.69) is 6.92 Å². The van der Waals surface area contributed by atoms with Crippen molar-refractivity contribution in [3.05, 3.63) is 17.7 Å². The molecular weight excluding hydrogens is 242 g/mol. The summed E-state index contributed by atoms with van der Waals surface area (Å²) in [4.78, 5) is 0. The third kappa shape index (κ3) is 4.03. The van der Waals surface area contributed by atoms with E-state index in [9.17, 15) is 0 Å². The Morgan fingerprint density at radius 2 is 1.58 bits per heavy atom. The van der Waals surface area contributed by atoms with Crippen molar-refractivity contribution in [3.63, 3.8) is 0 Å². The van der Waals surface area contributed by atoms with E-state index in [1.807, 2.05) is 12.1 Å². The summed E-state index contributed by atoms with van der Waals surface area (Å²) >= 11 is 0. The van der Waals surface area contributed by atoms with Crippen LogP contribution in [0.25, 0.3) is 0 Å². The SMILES string of the molecule is CCCCC[C@@H](N)c1cc(OC)c(OC)c(OC)c1. The van der Waals surface area contributed by atoms with Gasteiger partial charge in [-0.15, -0.1) is 0 Å². The molecule has 0 saturated heterocycles. The first-order valence-electron chi connectivity index (χ1n) is 6.73. The van der Waals surface area contributed by atoms with E-state index in [4.69, 9.17) is 19.9 Å². The van der Waals surface area contributed by atoms with Crippen LogP contribution < -0.4 is 19.9 Å². The van der Waals surface area contributed by atoms with E-state index in [-0.39, 0.29) is 6.04 Å². The zero-order valence-electron chi connectivity index (χ0n) is 12.4. The maximum Gasteiger partial charge on any atom is 0.203 e. The lowest BCUT2D eigenvalue weighted by molar-refractivity contribution is 0.323. The number of nitrogens with two attached hydrogens (primary N) is 1. The van der Waals surface area contributed by atoms with Crippen LogP contribution in [-0.4, -0.2) is 21.3 Å². The van der Waals surface area contributed by atoms with Gasteiger partial charge in [-0.05, 0) is 24.1 Å². The number of hydrogen-bond acceptors (Lipinski definition) is 4. The van der Waals surface area contributed by atoms with E-state index in [1.165, 1.54) is 12.8 Å². The highest BCUT2D eigenvalue weighted by Gasteiger charge is 2.16. The zero-order chi connectivity index (χ0) is 14.3. The van der Waals surface area contributed by atoms with Gasteiger partial charge in [0.05, 0.1) is 21.3 Å². The van der Waals surface area contributed by atoms with Crippen LogP contribution in [-0.2, 0) is 0 Å². The summed E-state index contributed by atoms with van der Waals surface area (Å²) in [5.41, 5.74) is 7.24. The molecule has 1 aromatic carbocycles. The smallest absolute Gasteiger partial charge is 0.203 e. The molecule has 108 valence electrons. The van der Waals surface area contributed by atoms with Crippen molar-refractivity contribution in [2.75, 3.05) is 21.3 Å². The van der Waals surface area contributed by atoms with Crippen LogP contribution in [0.15, 0.2) is 12.1 Å². The fourth-order valence-electron chi connectivity index (χ4n) is 2.10.